The van der Waals surface area contributed by atoms with Gasteiger partial charge in [-0.05, 0) is 24.6 Å². The number of imidazole rings is 1. The molecule has 1 amide bonds. The summed E-state index contributed by atoms with van der Waals surface area (Å²) >= 11 is 12.0. The molecule has 0 saturated heterocycles. The molecule has 0 fully saturated rings. The molecule has 1 atom stereocenters. The van der Waals surface area contributed by atoms with Gasteiger partial charge in [0.15, 0.2) is 11.2 Å². The lowest BCUT2D eigenvalue weighted by molar-refractivity contribution is -0.122. The van der Waals surface area contributed by atoms with Crippen LogP contribution in [0, 0.1) is 0 Å². The molecule has 10 heteroatoms. The van der Waals surface area contributed by atoms with E-state index in [1.165, 1.54) is 22.5 Å². The van der Waals surface area contributed by atoms with Crippen LogP contribution in [0.15, 0.2) is 34.1 Å². The van der Waals surface area contributed by atoms with E-state index in [9.17, 15) is 14.4 Å². The summed E-state index contributed by atoms with van der Waals surface area (Å²) in [7, 11) is 3.15. The van der Waals surface area contributed by atoms with Crippen molar-refractivity contribution in [2.45, 2.75) is 19.5 Å². The van der Waals surface area contributed by atoms with E-state index < -0.39 is 29.7 Å². The molecule has 1 aromatic carbocycles. The fraction of sp³-hybridized carbons (Fsp3) is 0.294. The minimum absolute atomic E-state index is 0.249. The van der Waals surface area contributed by atoms with Gasteiger partial charge in [-0.25, -0.2) is 14.3 Å². The summed E-state index contributed by atoms with van der Waals surface area (Å²) in [5.41, 5.74) is 0.0138. The fourth-order valence-electron chi connectivity index (χ4n) is 2.90. The first-order valence-electron chi connectivity index (χ1n) is 8.06. The molecule has 0 aliphatic heterocycles. The minimum Gasteiger partial charge on any atom is -0.348 e. The van der Waals surface area contributed by atoms with Crippen molar-refractivity contribution in [2.24, 2.45) is 14.1 Å². The molecule has 1 N–H and O–H groups in total. The molecule has 27 heavy (non-hydrogen) atoms. The van der Waals surface area contributed by atoms with Gasteiger partial charge in [0.2, 0.25) is 5.91 Å². The molecule has 0 unspecified atom stereocenters. The first-order chi connectivity index (χ1) is 12.7. The Morgan fingerprint density at radius 2 is 1.96 bits per heavy atom. The zero-order chi connectivity index (χ0) is 19.9. The van der Waals surface area contributed by atoms with Gasteiger partial charge in [0.25, 0.3) is 5.56 Å². The number of halogens is 2. The Morgan fingerprint density at radius 1 is 1.26 bits per heavy atom. The first kappa shape index (κ1) is 19.2. The van der Waals surface area contributed by atoms with E-state index in [2.05, 4.69) is 10.3 Å². The van der Waals surface area contributed by atoms with Gasteiger partial charge in [0, 0.05) is 24.1 Å². The van der Waals surface area contributed by atoms with E-state index in [0.717, 1.165) is 4.57 Å². The number of aromatic nitrogens is 4. The van der Waals surface area contributed by atoms with Crippen LogP contribution < -0.4 is 16.6 Å². The van der Waals surface area contributed by atoms with Crippen LogP contribution in [0.4, 0.5) is 0 Å². The Kier molecular flexibility index (Phi) is 5.12. The normalized spacial score (nSPS) is 12.3. The predicted molar refractivity (Wildman–Crippen MR) is 103 cm³/mol. The number of carbonyl (C=O) groups is 1. The molecule has 142 valence electrons. The van der Waals surface area contributed by atoms with Gasteiger partial charge in [-0.15, -0.1) is 0 Å². The van der Waals surface area contributed by atoms with Crippen molar-refractivity contribution in [3.8, 4) is 0 Å². The second kappa shape index (κ2) is 7.21. The van der Waals surface area contributed by atoms with Crippen molar-refractivity contribution in [3.63, 3.8) is 0 Å². The Balaban J connectivity index is 1.89. The van der Waals surface area contributed by atoms with E-state index in [0.29, 0.717) is 15.6 Å². The summed E-state index contributed by atoms with van der Waals surface area (Å²) < 4.78 is 3.64. The van der Waals surface area contributed by atoms with Crippen LogP contribution in [0.2, 0.25) is 10.0 Å². The molecule has 2 heterocycles. The molecule has 0 spiro atoms. The van der Waals surface area contributed by atoms with Gasteiger partial charge in [-0.1, -0.05) is 29.3 Å². The SMILES string of the molecule is C[C@H](NC(=O)Cn1c(=O)c2c(ncn2C)n(C)c1=O)c1ccc(Cl)cc1Cl. The van der Waals surface area contributed by atoms with Gasteiger partial charge in [0.1, 0.15) is 6.54 Å². The van der Waals surface area contributed by atoms with Crippen molar-refractivity contribution < 1.29 is 4.79 Å². The van der Waals surface area contributed by atoms with Crippen LogP contribution in [-0.4, -0.2) is 24.6 Å². The van der Waals surface area contributed by atoms with E-state index in [4.69, 9.17) is 23.2 Å². The molecule has 0 radical (unpaired) electrons. The lowest BCUT2D eigenvalue weighted by Crippen LogP contribution is -2.43. The van der Waals surface area contributed by atoms with Crippen LogP contribution in [0.3, 0.4) is 0 Å². The maximum absolute atomic E-state index is 12.6. The van der Waals surface area contributed by atoms with Crippen molar-refractivity contribution in [3.05, 3.63) is 61.0 Å². The summed E-state index contributed by atoms with van der Waals surface area (Å²) in [6.45, 7) is 1.33. The number of hydrogen-bond donors (Lipinski definition) is 1. The molecule has 3 rings (SSSR count). The summed E-state index contributed by atoms with van der Waals surface area (Å²) in [6, 6.07) is 4.53. The maximum atomic E-state index is 12.6. The molecule has 0 aliphatic carbocycles. The molecule has 0 saturated carbocycles. The van der Waals surface area contributed by atoms with Crippen LogP contribution in [-0.2, 0) is 25.4 Å². The summed E-state index contributed by atoms with van der Waals surface area (Å²) in [5, 5.41) is 3.64. The van der Waals surface area contributed by atoms with E-state index in [-0.39, 0.29) is 11.2 Å². The highest BCUT2D eigenvalue weighted by atomic mass is 35.5. The highest BCUT2D eigenvalue weighted by Gasteiger charge is 2.18. The number of aryl methyl sites for hydroxylation is 2. The standard InChI is InChI=1S/C17H17Cl2N5O3/c1-9(11-5-4-10(18)6-12(11)19)21-13(25)7-24-16(26)14-15(20-8-22(14)2)23(3)17(24)27/h4-6,8-9H,7H2,1-3H3,(H,21,25)/t9-/m0/s1. The Labute approximate surface area is 163 Å². The van der Waals surface area contributed by atoms with Crippen molar-refractivity contribution >= 4 is 40.3 Å². The maximum Gasteiger partial charge on any atom is 0.332 e. The summed E-state index contributed by atoms with van der Waals surface area (Å²) in [5.74, 6) is -0.491. The largest absolute Gasteiger partial charge is 0.348 e. The average molecular weight is 410 g/mol. The number of rotatable bonds is 4. The van der Waals surface area contributed by atoms with Crippen LogP contribution >= 0.6 is 23.2 Å². The zero-order valence-corrected chi connectivity index (χ0v) is 16.4. The summed E-state index contributed by atoms with van der Waals surface area (Å²) in [6.07, 6.45) is 1.44. The molecule has 3 aromatic rings. The Bertz CT molecular complexity index is 1160. The van der Waals surface area contributed by atoms with Crippen LogP contribution in [0.25, 0.3) is 11.2 Å². The van der Waals surface area contributed by atoms with Gasteiger partial charge < -0.3 is 9.88 Å². The monoisotopic (exact) mass is 409 g/mol. The van der Waals surface area contributed by atoms with Crippen molar-refractivity contribution in [1.29, 1.82) is 0 Å². The second-order valence-electron chi connectivity index (χ2n) is 6.22. The summed E-state index contributed by atoms with van der Waals surface area (Å²) in [4.78, 5) is 41.6. The second-order valence-corrected chi connectivity index (χ2v) is 7.06. The smallest absolute Gasteiger partial charge is 0.332 e. The van der Waals surface area contributed by atoms with E-state index >= 15 is 0 Å². The van der Waals surface area contributed by atoms with Crippen molar-refractivity contribution in [1.82, 2.24) is 24.0 Å². The van der Waals surface area contributed by atoms with Gasteiger partial charge in [-0.2, -0.15) is 0 Å². The third-order valence-corrected chi connectivity index (χ3v) is 4.87. The quantitative estimate of drug-likeness (QED) is 0.708. The highest BCUT2D eigenvalue weighted by Crippen LogP contribution is 2.25. The molecular formula is C17H17Cl2N5O3. The highest BCUT2D eigenvalue weighted by molar-refractivity contribution is 6.35. The molecular weight excluding hydrogens is 393 g/mol. The van der Waals surface area contributed by atoms with Gasteiger partial charge in [-0.3, -0.25) is 14.2 Å². The number of fused-ring (bicyclic) bond motifs is 1. The Morgan fingerprint density at radius 3 is 2.63 bits per heavy atom. The number of amides is 1. The van der Waals surface area contributed by atoms with Crippen LogP contribution in [0.5, 0.6) is 0 Å². The predicted octanol–water partition coefficient (Wildman–Crippen LogP) is 1.62. The topological polar surface area (TPSA) is 90.9 Å². The van der Waals surface area contributed by atoms with Gasteiger partial charge in [0.05, 0.1) is 12.4 Å². The van der Waals surface area contributed by atoms with E-state index in [1.807, 2.05) is 0 Å². The number of hydrogen-bond acceptors (Lipinski definition) is 4. The van der Waals surface area contributed by atoms with Crippen molar-refractivity contribution in [2.75, 3.05) is 0 Å². The van der Waals surface area contributed by atoms with E-state index in [1.54, 1.807) is 32.2 Å². The number of nitrogens with one attached hydrogen (secondary N) is 1. The first-order valence-corrected chi connectivity index (χ1v) is 8.81. The molecule has 2 aromatic heterocycles. The fourth-order valence-corrected chi connectivity index (χ4v) is 3.47. The Hall–Kier alpha value is -2.58. The number of benzene rings is 1. The lowest BCUT2D eigenvalue weighted by Gasteiger charge is -2.16. The minimum atomic E-state index is -0.612. The lowest BCUT2D eigenvalue weighted by atomic mass is 10.1. The average Bonchev–Trinajstić information content (AvgIpc) is 2.98. The molecule has 8 nitrogen and oxygen atoms in total. The molecule has 0 bridgehead atoms. The zero-order valence-electron chi connectivity index (χ0n) is 14.9. The number of nitrogens with zero attached hydrogens (tertiary/aromatic N) is 4. The van der Waals surface area contributed by atoms with Gasteiger partial charge >= 0.3 is 5.69 Å². The van der Waals surface area contributed by atoms with Crippen LogP contribution in [0.1, 0.15) is 18.5 Å². The number of carbonyl (C=O) groups excluding carboxylic acids is 1. The third kappa shape index (κ3) is 3.50. The molecule has 0 aliphatic rings. The third-order valence-electron chi connectivity index (χ3n) is 4.31.